The summed E-state index contributed by atoms with van der Waals surface area (Å²) in [5.41, 5.74) is 1.13. The number of rotatable bonds is 5. The summed E-state index contributed by atoms with van der Waals surface area (Å²) in [5.74, 6) is 3.56. The van der Waals surface area contributed by atoms with Gasteiger partial charge in [-0.1, -0.05) is 0 Å². The first-order chi connectivity index (χ1) is 10.2. The Kier molecular flexibility index (Phi) is 3.25. The third kappa shape index (κ3) is 2.48. The monoisotopic (exact) mass is 288 g/mol. The first-order valence-corrected chi connectivity index (χ1v) is 8.29. The molecule has 1 aliphatic carbocycles. The number of hydrogen-bond acceptors (Lipinski definition) is 5. The van der Waals surface area contributed by atoms with Crippen LogP contribution in [0, 0.1) is 6.92 Å². The molecule has 5 nitrogen and oxygen atoms in total. The van der Waals surface area contributed by atoms with E-state index in [1.165, 1.54) is 25.7 Å². The van der Waals surface area contributed by atoms with Gasteiger partial charge < -0.3 is 15.4 Å². The molecule has 2 N–H and O–H groups in total. The van der Waals surface area contributed by atoms with Gasteiger partial charge in [0.05, 0.1) is 18.2 Å². The van der Waals surface area contributed by atoms with Crippen LogP contribution in [0.5, 0.6) is 0 Å². The molecule has 0 radical (unpaired) electrons. The second-order valence-electron chi connectivity index (χ2n) is 6.57. The van der Waals surface area contributed by atoms with Gasteiger partial charge in [0.2, 0.25) is 0 Å². The highest BCUT2D eigenvalue weighted by molar-refractivity contribution is 5.58. The third-order valence-corrected chi connectivity index (χ3v) is 4.88. The van der Waals surface area contributed by atoms with Crippen LogP contribution in [-0.2, 0) is 4.74 Å². The molecule has 2 aliphatic heterocycles. The Morgan fingerprint density at radius 1 is 1.14 bits per heavy atom. The molecule has 4 rings (SSSR count). The minimum absolute atomic E-state index is 0.372. The van der Waals surface area contributed by atoms with E-state index in [-0.39, 0.29) is 0 Å². The molecule has 3 heterocycles. The highest BCUT2D eigenvalue weighted by atomic mass is 16.5. The first-order valence-electron chi connectivity index (χ1n) is 8.29. The van der Waals surface area contributed by atoms with Gasteiger partial charge in [0.25, 0.3) is 0 Å². The summed E-state index contributed by atoms with van der Waals surface area (Å²) in [6.07, 6.45) is 6.81. The van der Waals surface area contributed by atoms with Crippen LogP contribution in [-0.4, -0.2) is 34.8 Å². The van der Waals surface area contributed by atoms with Crippen molar-refractivity contribution in [1.82, 2.24) is 9.97 Å². The molecule has 1 saturated carbocycles. The van der Waals surface area contributed by atoms with Crippen molar-refractivity contribution in [2.24, 2.45) is 0 Å². The summed E-state index contributed by atoms with van der Waals surface area (Å²) in [5, 5.41) is 7.02. The van der Waals surface area contributed by atoms with E-state index in [9.17, 15) is 0 Å². The van der Waals surface area contributed by atoms with Gasteiger partial charge in [0.1, 0.15) is 17.5 Å². The minimum Gasteiger partial charge on any atom is -0.373 e. The van der Waals surface area contributed by atoms with Crippen molar-refractivity contribution >= 4 is 11.6 Å². The predicted molar refractivity (Wildman–Crippen MR) is 82.8 cm³/mol. The summed E-state index contributed by atoms with van der Waals surface area (Å²) < 4.78 is 5.94. The quantitative estimate of drug-likeness (QED) is 0.872. The number of nitrogens with zero attached hydrogens (tertiary/aromatic N) is 2. The Balaban J connectivity index is 1.60. The summed E-state index contributed by atoms with van der Waals surface area (Å²) in [4.78, 5) is 9.52. The lowest BCUT2D eigenvalue weighted by molar-refractivity contribution is 0.102. The molecule has 3 fully saturated rings. The lowest BCUT2D eigenvalue weighted by atomic mass is 9.95. The summed E-state index contributed by atoms with van der Waals surface area (Å²) >= 11 is 0. The first kappa shape index (κ1) is 13.3. The fourth-order valence-corrected chi connectivity index (χ4v) is 3.50. The van der Waals surface area contributed by atoms with Crippen LogP contribution >= 0.6 is 0 Å². The molecule has 0 spiro atoms. The topological polar surface area (TPSA) is 59.1 Å². The normalized spacial score (nSPS) is 30.7. The van der Waals surface area contributed by atoms with Crippen molar-refractivity contribution < 1.29 is 4.74 Å². The van der Waals surface area contributed by atoms with Crippen molar-refractivity contribution in [3.05, 3.63) is 11.4 Å². The molecule has 3 atom stereocenters. The van der Waals surface area contributed by atoms with Crippen molar-refractivity contribution in [3.63, 3.8) is 0 Å². The maximum Gasteiger partial charge on any atom is 0.136 e. The number of aromatic nitrogens is 2. The van der Waals surface area contributed by atoms with E-state index in [0.717, 1.165) is 36.0 Å². The molecule has 3 aliphatic rings. The van der Waals surface area contributed by atoms with Crippen molar-refractivity contribution in [2.45, 2.75) is 70.1 Å². The van der Waals surface area contributed by atoms with Gasteiger partial charge in [-0.2, -0.15) is 0 Å². The van der Waals surface area contributed by atoms with Crippen LogP contribution in [0.1, 0.15) is 56.3 Å². The van der Waals surface area contributed by atoms with E-state index < -0.39 is 0 Å². The second-order valence-corrected chi connectivity index (χ2v) is 6.57. The lowest BCUT2D eigenvalue weighted by Gasteiger charge is -2.23. The standard InChI is InChI=1S/C16H24N4O/c1-3-17-14-9(2)15(20-16(19-14)10-4-5-10)18-12-8-11-6-7-13(12)21-11/h10-13H,3-8H2,1-2H3,(H2,17,18,19,20). The molecule has 21 heavy (non-hydrogen) atoms. The summed E-state index contributed by atoms with van der Waals surface area (Å²) in [6.45, 7) is 5.10. The van der Waals surface area contributed by atoms with Crippen LogP contribution in [0.2, 0.25) is 0 Å². The van der Waals surface area contributed by atoms with Crippen molar-refractivity contribution in [2.75, 3.05) is 17.2 Å². The Labute approximate surface area is 125 Å². The average Bonchev–Trinajstić information content (AvgIpc) is 3.13. The third-order valence-electron chi connectivity index (χ3n) is 4.88. The molecule has 3 unspecified atom stereocenters. The molecule has 2 bridgehead atoms. The van der Waals surface area contributed by atoms with E-state index in [2.05, 4.69) is 24.5 Å². The van der Waals surface area contributed by atoms with Gasteiger partial charge in [0, 0.05) is 18.0 Å². The molecule has 5 heteroatoms. The van der Waals surface area contributed by atoms with Gasteiger partial charge in [-0.25, -0.2) is 9.97 Å². The SMILES string of the molecule is CCNc1nc(C2CC2)nc(NC2CC3CCC2O3)c1C. The van der Waals surface area contributed by atoms with E-state index >= 15 is 0 Å². The second kappa shape index (κ2) is 5.13. The maximum absolute atomic E-state index is 5.94. The van der Waals surface area contributed by atoms with Gasteiger partial charge in [-0.3, -0.25) is 0 Å². The van der Waals surface area contributed by atoms with Gasteiger partial charge in [-0.15, -0.1) is 0 Å². The van der Waals surface area contributed by atoms with E-state index in [0.29, 0.717) is 24.2 Å². The van der Waals surface area contributed by atoms with Crippen molar-refractivity contribution in [1.29, 1.82) is 0 Å². The predicted octanol–water partition coefficient (Wildman–Crippen LogP) is 2.83. The Bertz CT molecular complexity index is 543. The molecule has 1 aromatic heterocycles. The average molecular weight is 288 g/mol. The fraction of sp³-hybridized carbons (Fsp3) is 0.750. The molecular formula is C16H24N4O. The molecule has 0 aromatic carbocycles. The minimum atomic E-state index is 0.372. The van der Waals surface area contributed by atoms with E-state index in [4.69, 9.17) is 14.7 Å². The summed E-state index contributed by atoms with van der Waals surface area (Å²) in [7, 11) is 0. The largest absolute Gasteiger partial charge is 0.373 e. The summed E-state index contributed by atoms with van der Waals surface area (Å²) in [6, 6.07) is 0.416. The van der Waals surface area contributed by atoms with Crippen LogP contribution in [0.4, 0.5) is 11.6 Å². The van der Waals surface area contributed by atoms with Crippen LogP contribution < -0.4 is 10.6 Å². The van der Waals surface area contributed by atoms with Gasteiger partial charge in [0.15, 0.2) is 0 Å². The number of ether oxygens (including phenoxy) is 1. The zero-order valence-electron chi connectivity index (χ0n) is 12.9. The molecule has 2 saturated heterocycles. The molecular weight excluding hydrogens is 264 g/mol. The highest BCUT2D eigenvalue weighted by Gasteiger charge is 2.41. The smallest absolute Gasteiger partial charge is 0.136 e. The Morgan fingerprint density at radius 2 is 1.95 bits per heavy atom. The molecule has 1 aromatic rings. The van der Waals surface area contributed by atoms with Gasteiger partial charge >= 0.3 is 0 Å². The number of anilines is 2. The zero-order chi connectivity index (χ0) is 14.4. The van der Waals surface area contributed by atoms with Gasteiger partial charge in [-0.05, 0) is 46.0 Å². The van der Waals surface area contributed by atoms with Crippen LogP contribution in [0.15, 0.2) is 0 Å². The number of hydrogen-bond donors (Lipinski definition) is 2. The lowest BCUT2D eigenvalue weighted by Crippen LogP contribution is -2.31. The fourth-order valence-electron chi connectivity index (χ4n) is 3.50. The van der Waals surface area contributed by atoms with Crippen LogP contribution in [0.25, 0.3) is 0 Å². The Morgan fingerprint density at radius 3 is 2.57 bits per heavy atom. The highest BCUT2D eigenvalue weighted by Crippen LogP contribution is 2.40. The zero-order valence-corrected chi connectivity index (χ0v) is 12.9. The number of nitrogens with one attached hydrogen (secondary N) is 2. The van der Waals surface area contributed by atoms with E-state index in [1.54, 1.807) is 0 Å². The molecule has 114 valence electrons. The number of fused-ring (bicyclic) bond motifs is 2. The van der Waals surface area contributed by atoms with Crippen molar-refractivity contribution in [3.8, 4) is 0 Å². The molecule has 0 amide bonds. The maximum atomic E-state index is 5.94. The van der Waals surface area contributed by atoms with Crippen LogP contribution in [0.3, 0.4) is 0 Å². The Hall–Kier alpha value is -1.36. The van der Waals surface area contributed by atoms with E-state index in [1.807, 2.05) is 0 Å².